The molecule has 0 fully saturated rings. The number of hydrogen-bond acceptors (Lipinski definition) is 6. The highest BCUT2D eigenvalue weighted by atomic mass is 16.9. The van der Waals surface area contributed by atoms with Crippen molar-refractivity contribution in [3.8, 4) is 0 Å². The highest BCUT2D eigenvalue weighted by Gasteiger charge is 2.17. The molecule has 0 aliphatic carbocycles. The molecule has 1 atom stereocenters. The lowest BCUT2D eigenvalue weighted by Gasteiger charge is -2.12. The lowest BCUT2D eigenvalue weighted by Crippen LogP contribution is -2.14. The highest BCUT2D eigenvalue weighted by molar-refractivity contribution is 6.08. The lowest BCUT2D eigenvalue weighted by molar-refractivity contribution is -0.757. The Bertz CT molecular complexity index is 804. The summed E-state index contributed by atoms with van der Waals surface area (Å²) < 4.78 is 5.30. The quantitative estimate of drug-likeness (QED) is 0.173. The molecule has 0 aliphatic rings. The van der Waals surface area contributed by atoms with Crippen molar-refractivity contribution in [2.45, 2.75) is 38.5 Å². The molecular weight excluding hydrogens is 374 g/mol. The van der Waals surface area contributed by atoms with Crippen LogP contribution >= 0.6 is 0 Å². The molecule has 0 N–H and O–H groups in total. The van der Waals surface area contributed by atoms with Gasteiger partial charge in [0.1, 0.15) is 0 Å². The van der Waals surface area contributed by atoms with Crippen LogP contribution in [0.25, 0.3) is 0 Å². The Hall–Kier alpha value is -3.22. The summed E-state index contributed by atoms with van der Waals surface area (Å²) in [6, 6.07) is 16.0. The molecule has 154 valence electrons. The third-order valence-electron chi connectivity index (χ3n) is 4.54. The Morgan fingerprint density at radius 2 is 1.48 bits per heavy atom. The van der Waals surface area contributed by atoms with Crippen molar-refractivity contribution in [3.63, 3.8) is 0 Å². The maximum atomic E-state index is 12.4. The number of carbonyl (C=O) groups excluding carboxylic acids is 2. The van der Waals surface area contributed by atoms with E-state index in [1.807, 2.05) is 18.2 Å². The number of benzene rings is 2. The molecule has 0 amide bonds. The zero-order valence-corrected chi connectivity index (χ0v) is 16.4. The first kappa shape index (κ1) is 22.1. The summed E-state index contributed by atoms with van der Waals surface area (Å²) in [6.07, 6.45) is 2.87. The van der Waals surface area contributed by atoms with E-state index in [0.29, 0.717) is 30.6 Å². The van der Waals surface area contributed by atoms with Crippen LogP contribution in [-0.4, -0.2) is 30.1 Å². The molecule has 0 bridgehead atoms. The first-order valence-corrected chi connectivity index (χ1v) is 9.62. The van der Waals surface area contributed by atoms with Crippen LogP contribution in [0.15, 0.2) is 54.6 Å². The minimum absolute atomic E-state index is 0.0593. The van der Waals surface area contributed by atoms with Crippen molar-refractivity contribution in [3.05, 3.63) is 81.4 Å². The summed E-state index contributed by atoms with van der Waals surface area (Å²) in [7, 11) is 0. The highest BCUT2D eigenvalue weighted by Crippen LogP contribution is 2.19. The van der Waals surface area contributed by atoms with Crippen LogP contribution in [0.5, 0.6) is 0 Å². The first-order chi connectivity index (χ1) is 14.0. The minimum Gasteiger partial charge on any atom is -0.465 e. The van der Waals surface area contributed by atoms with E-state index >= 15 is 0 Å². The van der Waals surface area contributed by atoms with E-state index in [2.05, 4.69) is 4.84 Å². The lowest BCUT2D eigenvalue weighted by atomic mass is 9.97. The second-order valence-corrected chi connectivity index (χ2v) is 6.68. The number of hydrogen-bond donors (Lipinski definition) is 0. The van der Waals surface area contributed by atoms with Gasteiger partial charge in [-0.05, 0) is 31.7 Å². The molecule has 0 aliphatic heterocycles. The van der Waals surface area contributed by atoms with Gasteiger partial charge in [-0.3, -0.25) is 9.59 Å². The van der Waals surface area contributed by atoms with Gasteiger partial charge in [0.2, 0.25) is 0 Å². The first-order valence-electron chi connectivity index (χ1n) is 9.62. The van der Waals surface area contributed by atoms with Crippen molar-refractivity contribution >= 4 is 11.8 Å². The Labute approximate surface area is 169 Å². The number of rotatable bonds is 12. The summed E-state index contributed by atoms with van der Waals surface area (Å²) in [5.74, 6) is -0.802. The van der Waals surface area contributed by atoms with Crippen molar-refractivity contribution in [1.29, 1.82) is 0 Å². The van der Waals surface area contributed by atoms with Gasteiger partial charge in [-0.15, -0.1) is 10.1 Å². The maximum absolute atomic E-state index is 12.4. The largest absolute Gasteiger partial charge is 0.465 e. The normalized spacial score (nSPS) is 11.5. The van der Waals surface area contributed by atoms with Crippen LogP contribution in [0.2, 0.25) is 0 Å². The molecular formula is C22H25NO6. The summed E-state index contributed by atoms with van der Waals surface area (Å²) in [6.45, 7) is 2.17. The number of ether oxygens (including phenoxy) is 1. The number of ketones is 1. The van der Waals surface area contributed by atoms with Gasteiger partial charge in [-0.2, -0.15) is 0 Å². The van der Waals surface area contributed by atoms with Crippen LogP contribution in [0.3, 0.4) is 0 Å². The van der Waals surface area contributed by atoms with Gasteiger partial charge in [0.25, 0.3) is 5.09 Å². The van der Waals surface area contributed by atoms with E-state index in [-0.39, 0.29) is 18.4 Å². The summed E-state index contributed by atoms with van der Waals surface area (Å²) in [5, 5.41) is 9.22. The van der Waals surface area contributed by atoms with Crippen LogP contribution in [0.1, 0.15) is 60.0 Å². The summed E-state index contributed by atoms with van der Waals surface area (Å²) in [5.41, 5.74) is 1.98. The second-order valence-electron chi connectivity index (χ2n) is 6.68. The topological polar surface area (TPSA) is 95.7 Å². The molecule has 2 rings (SSSR count). The predicted molar refractivity (Wildman–Crippen MR) is 107 cm³/mol. The Kier molecular flexibility index (Phi) is 8.82. The van der Waals surface area contributed by atoms with E-state index in [0.717, 1.165) is 18.4 Å². The van der Waals surface area contributed by atoms with Crippen molar-refractivity contribution in [2.24, 2.45) is 0 Å². The van der Waals surface area contributed by atoms with Gasteiger partial charge in [0.05, 0.1) is 19.1 Å². The average molecular weight is 399 g/mol. The Morgan fingerprint density at radius 3 is 2.10 bits per heavy atom. The van der Waals surface area contributed by atoms with Gasteiger partial charge >= 0.3 is 5.97 Å². The SMILES string of the molecule is CC(C(=O)OCCCCCCO[N+](=O)[O-])c1ccc(C(=O)c2ccccc2)cc1. The molecule has 1 unspecified atom stereocenters. The van der Waals surface area contributed by atoms with Gasteiger partial charge in [-0.1, -0.05) is 61.0 Å². The summed E-state index contributed by atoms with van der Waals surface area (Å²) >= 11 is 0. The van der Waals surface area contributed by atoms with Crippen molar-refractivity contribution < 1.29 is 24.3 Å². The average Bonchev–Trinajstić information content (AvgIpc) is 2.75. The zero-order valence-electron chi connectivity index (χ0n) is 16.4. The molecule has 2 aromatic carbocycles. The van der Waals surface area contributed by atoms with Gasteiger partial charge in [0.15, 0.2) is 5.78 Å². The molecule has 0 heterocycles. The molecule has 0 aromatic heterocycles. The van der Waals surface area contributed by atoms with E-state index in [4.69, 9.17) is 4.74 Å². The monoisotopic (exact) mass is 399 g/mol. The third-order valence-corrected chi connectivity index (χ3v) is 4.54. The predicted octanol–water partition coefficient (Wildman–Crippen LogP) is 4.33. The third kappa shape index (κ3) is 7.37. The van der Waals surface area contributed by atoms with Gasteiger partial charge in [-0.25, -0.2) is 0 Å². The molecule has 7 heteroatoms. The van der Waals surface area contributed by atoms with Crippen LogP contribution in [0, 0.1) is 10.1 Å². The van der Waals surface area contributed by atoms with Crippen LogP contribution in [0.4, 0.5) is 0 Å². The molecule has 0 radical (unpaired) electrons. The molecule has 2 aromatic rings. The molecule has 0 saturated carbocycles. The fraction of sp³-hybridized carbons (Fsp3) is 0.364. The number of unbranched alkanes of at least 4 members (excludes halogenated alkanes) is 3. The minimum atomic E-state index is -0.798. The number of esters is 1. The van der Waals surface area contributed by atoms with Crippen molar-refractivity contribution in [1.82, 2.24) is 0 Å². The zero-order chi connectivity index (χ0) is 21.1. The molecule has 29 heavy (non-hydrogen) atoms. The van der Waals surface area contributed by atoms with E-state index < -0.39 is 11.0 Å². The second kappa shape index (κ2) is 11.6. The van der Waals surface area contributed by atoms with Gasteiger partial charge in [0, 0.05) is 11.1 Å². The maximum Gasteiger partial charge on any atom is 0.313 e. The smallest absolute Gasteiger partial charge is 0.313 e. The van der Waals surface area contributed by atoms with E-state index in [9.17, 15) is 19.7 Å². The Balaban J connectivity index is 1.74. The number of nitrogens with zero attached hydrogens (tertiary/aromatic N) is 1. The number of carbonyl (C=O) groups is 2. The molecule has 0 saturated heterocycles. The standard InChI is InChI=1S/C22H25NO6/c1-17(22(25)28-15-7-2-3-8-16-29-23(26)27)18-11-13-20(14-12-18)21(24)19-9-5-4-6-10-19/h4-6,9-14,17H,2-3,7-8,15-16H2,1H3. The van der Waals surface area contributed by atoms with E-state index in [1.54, 1.807) is 43.3 Å². The molecule has 0 spiro atoms. The fourth-order valence-electron chi connectivity index (χ4n) is 2.81. The van der Waals surface area contributed by atoms with Gasteiger partial charge < -0.3 is 9.57 Å². The van der Waals surface area contributed by atoms with Crippen LogP contribution in [-0.2, 0) is 14.4 Å². The van der Waals surface area contributed by atoms with Crippen LogP contribution < -0.4 is 0 Å². The van der Waals surface area contributed by atoms with Crippen molar-refractivity contribution in [2.75, 3.05) is 13.2 Å². The Morgan fingerprint density at radius 1 is 0.897 bits per heavy atom. The fourth-order valence-corrected chi connectivity index (χ4v) is 2.81. The summed E-state index contributed by atoms with van der Waals surface area (Å²) in [4.78, 5) is 38.9. The van der Waals surface area contributed by atoms with E-state index in [1.165, 1.54) is 0 Å². The molecule has 7 nitrogen and oxygen atoms in total.